The van der Waals surface area contributed by atoms with E-state index in [9.17, 15) is 24.2 Å². The number of amides is 1. The van der Waals surface area contributed by atoms with Crippen LogP contribution in [0.25, 0.3) is 0 Å². The van der Waals surface area contributed by atoms with Gasteiger partial charge in [-0.25, -0.2) is 4.57 Å². The van der Waals surface area contributed by atoms with Crippen molar-refractivity contribution in [3.63, 3.8) is 0 Å². The van der Waals surface area contributed by atoms with Crippen molar-refractivity contribution in [1.82, 2.24) is 5.32 Å². The van der Waals surface area contributed by atoms with Crippen LogP contribution in [-0.4, -0.2) is 54.3 Å². The highest BCUT2D eigenvalue weighted by Gasteiger charge is 2.23. The number of unbranched alkanes of at least 4 members (excludes halogenated alkanes) is 8. The van der Waals surface area contributed by atoms with Crippen molar-refractivity contribution in [3.8, 4) is 0 Å². The third-order valence-corrected chi connectivity index (χ3v) is 8.57. The summed E-state index contributed by atoms with van der Waals surface area (Å²) < 4.78 is 26.7. The average Bonchev–Trinajstić information content (AvgIpc) is 3.13. The number of hydrogen-bond donors (Lipinski definition) is 3. The number of carbonyl (C=O) groups excluding carboxylic acids is 2. The maximum absolute atomic E-state index is 12.0. The number of allylic oxidation sites excluding steroid dienone is 14. The summed E-state index contributed by atoms with van der Waals surface area (Å²) in [6.45, 7) is 3.29. The minimum atomic E-state index is -4.43. The fourth-order valence-electron chi connectivity index (χ4n) is 4.66. The summed E-state index contributed by atoms with van der Waals surface area (Å²) in [5.74, 6) is -0.590. The molecule has 0 saturated carbocycles. The number of carbonyl (C=O) groups is 2. The lowest BCUT2D eigenvalue weighted by atomic mass is 10.1. The van der Waals surface area contributed by atoms with E-state index in [2.05, 4.69) is 104 Å². The Balaban J connectivity index is 3.75. The Morgan fingerprint density at radius 1 is 0.615 bits per heavy atom. The lowest BCUT2D eigenvalue weighted by molar-refractivity contribution is -0.147. The molecule has 0 heterocycles. The van der Waals surface area contributed by atoms with Crippen molar-refractivity contribution in [2.75, 3.05) is 26.4 Å². The molecule has 0 aromatic carbocycles. The van der Waals surface area contributed by atoms with Gasteiger partial charge in [-0.1, -0.05) is 144 Å². The Hall–Kier alpha value is -2.81. The Bertz CT molecular complexity index is 1130. The van der Waals surface area contributed by atoms with Gasteiger partial charge in [0.25, 0.3) is 0 Å². The number of esters is 1. The molecule has 52 heavy (non-hydrogen) atoms. The molecule has 3 N–H and O–H groups in total. The van der Waals surface area contributed by atoms with E-state index in [1.54, 1.807) is 0 Å². The van der Waals surface area contributed by atoms with Crippen LogP contribution in [0, 0.1) is 0 Å². The third-order valence-electron chi connectivity index (χ3n) is 7.59. The fraction of sp³-hybridized carbons (Fsp3) is 0.619. The summed E-state index contributed by atoms with van der Waals surface area (Å²) >= 11 is 0. The lowest BCUT2D eigenvalue weighted by Gasteiger charge is -2.15. The van der Waals surface area contributed by atoms with Gasteiger partial charge in [0.1, 0.15) is 12.7 Å². The maximum atomic E-state index is 12.0. The van der Waals surface area contributed by atoms with Gasteiger partial charge < -0.3 is 20.1 Å². The molecule has 0 saturated heterocycles. The van der Waals surface area contributed by atoms with Gasteiger partial charge in [-0.05, 0) is 64.2 Å². The first-order valence-corrected chi connectivity index (χ1v) is 21.1. The lowest BCUT2D eigenvalue weighted by Crippen LogP contribution is -2.27. The Labute approximate surface area is 315 Å². The van der Waals surface area contributed by atoms with E-state index >= 15 is 0 Å². The summed E-state index contributed by atoms with van der Waals surface area (Å²) in [6.07, 6.45) is 46.8. The van der Waals surface area contributed by atoms with Crippen molar-refractivity contribution >= 4 is 19.7 Å². The molecule has 0 rings (SSSR count). The highest BCUT2D eigenvalue weighted by molar-refractivity contribution is 7.47. The number of phosphoric ester groups is 1. The van der Waals surface area contributed by atoms with Crippen LogP contribution in [0.4, 0.5) is 0 Å². The first-order valence-electron chi connectivity index (χ1n) is 19.6. The summed E-state index contributed by atoms with van der Waals surface area (Å²) in [4.78, 5) is 33.7. The predicted octanol–water partition coefficient (Wildman–Crippen LogP) is 10.5. The van der Waals surface area contributed by atoms with E-state index < -0.39 is 26.5 Å². The standard InChI is InChI=1S/C42H70NO8P/c1-3-5-7-9-11-13-14-15-16-17-18-19-20-21-22-23-24-25-26-27-28-30-32-34-41(45)43-36-37-50-52(47,48)51-39-40(44)38-49-42(46)35-33-31-29-12-10-8-6-4-2/h5,7,11,13,15-16,18-19,21-22,24-25,27-28,40,44H,3-4,6,8-10,12,14,17,20,23,26,29-39H2,1-2H3,(H,43,45)(H,47,48)/b7-5-,13-11-,16-15-,19-18-,22-21-,25-24-,28-27-. The highest BCUT2D eigenvalue weighted by Crippen LogP contribution is 2.42. The molecule has 0 aliphatic carbocycles. The zero-order valence-corrected chi connectivity index (χ0v) is 33.1. The minimum absolute atomic E-state index is 0.0458. The van der Waals surface area contributed by atoms with E-state index in [4.69, 9.17) is 13.8 Å². The molecule has 0 radical (unpaired) electrons. The molecular weight excluding hydrogens is 677 g/mol. The number of ether oxygens (including phenoxy) is 1. The first-order chi connectivity index (χ1) is 25.3. The SMILES string of the molecule is CC/C=C\C/C=C\C/C=C\C/C=C\C/C=C\C/C=C\C/C=C\CCCC(=O)NCCOP(=O)(O)OCC(O)COC(=O)CCCCCCCCCC. The summed E-state index contributed by atoms with van der Waals surface area (Å²) in [7, 11) is -4.43. The number of aliphatic hydroxyl groups is 1. The van der Waals surface area contributed by atoms with Crippen LogP contribution >= 0.6 is 7.82 Å². The molecule has 0 aromatic rings. The zero-order chi connectivity index (χ0) is 38.2. The van der Waals surface area contributed by atoms with Gasteiger partial charge in [-0.2, -0.15) is 0 Å². The molecule has 2 atom stereocenters. The quantitative estimate of drug-likeness (QED) is 0.0253. The minimum Gasteiger partial charge on any atom is -0.463 e. The van der Waals surface area contributed by atoms with Crippen molar-refractivity contribution in [3.05, 3.63) is 85.1 Å². The molecule has 9 nitrogen and oxygen atoms in total. The molecule has 0 aromatic heterocycles. The monoisotopic (exact) mass is 747 g/mol. The van der Waals surface area contributed by atoms with E-state index in [1.807, 2.05) is 0 Å². The molecule has 0 bridgehead atoms. The zero-order valence-electron chi connectivity index (χ0n) is 32.2. The van der Waals surface area contributed by atoms with Crippen LogP contribution in [0.5, 0.6) is 0 Å². The first kappa shape index (κ1) is 49.2. The van der Waals surface area contributed by atoms with Crippen molar-refractivity contribution < 1.29 is 37.9 Å². The molecule has 296 valence electrons. The van der Waals surface area contributed by atoms with Crippen LogP contribution in [0.2, 0.25) is 0 Å². The number of rotatable bonds is 35. The third kappa shape index (κ3) is 38.4. The fourth-order valence-corrected chi connectivity index (χ4v) is 5.42. The van der Waals surface area contributed by atoms with Crippen LogP contribution in [0.1, 0.15) is 136 Å². The summed E-state index contributed by atoms with van der Waals surface area (Å²) in [5.41, 5.74) is 0. The van der Waals surface area contributed by atoms with E-state index in [0.717, 1.165) is 70.6 Å². The van der Waals surface area contributed by atoms with E-state index in [-0.39, 0.29) is 32.1 Å². The number of hydrogen-bond acceptors (Lipinski definition) is 7. The molecule has 0 aliphatic heterocycles. The van der Waals surface area contributed by atoms with Gasteiger partial charge in [0.2, 0.25) is 5.91 Å². The Kier molecular flexibility index (Phi) is 35.9. The summed E-state index contributed by atoms with van der Waals surface area (Å²) in [5, 5.41) is 12.6. The molecule has 0 spiro atoms. The van der Waals surface area contributed by atoms with Gasteiger partial charge in [0.15, 0.2) is 0 Å². The Morgan fingerprint density at radius 2 is 1.10 bits per heavy atom. The van der Waals surface area contributed by atoms with E-state index in [1.165, 1.54) is 32.1 Å². The second kappa shape index (κ2) is 37.9. The highest BCUT2D eigenvalue weighted by atomic mass is 31.2. The van der Waals surface area contributed by atoms with Crippen molar-refractivity contribution in [1.29, 1.82) is 0 Å². The molecule has 0 fully saturated rings. The number of nitrogens with one attached hydrogen (secondary N) is 1. The molecule has 2 unspecified atom stereocenters. The number of aliphatic hydroxyl groups excluding tert-OH is 1. The van der Waals surface area contributed by atoms with Crippen molar-refractivity contribution in [2.24, 2.45) is 0 Å². The van der Waals surface area contributed by atoms with Gasteiger partial charge in [0.05, 0.1) is 13.2 Å². The van der Waals surface area contributed by atoms with Crippen LogP contribution < -0.4 is 5.32 Å². The van der Waals surface area contributed by atoms with Gasteiger partial charge in [0, 0.05) is 19.4 Å². The largest absolute Gasteiger partial charge is 0.472 e. The second-order valence-corrected chi connectivity index (χ2v) is 14.0. The molecule has 1 amide bonds. The number of phosphoric acid groups is 1. The maximum Gasteiger partial charge on any atom is 0.472 e. The average molecular weight is 748 g/mol. The predicted molar refractivity (Wildman–Crippen MR) is 215 cm³/mol. The smallest absolute Gasteiger partial charge is 0.463 e. The van der Waals surface area contributed by atoms with Crippen LogP contribution in [-0.2, 0) is 27.9 Å². The van der Waals surface area contributed by atoms with Gasteiger partial charge in [-0.3, -0.25) is 18.6 Å². The van der Waals surface area contributed by atoms with E-state index in [0.29, 0.717) is 12.8 Å². The Morgan fingerprint density at radius 3 is 1.62 bits per heavy atom. The van der Waals surface area contributed by atoms with Gasteiger partial charge >= 0.3 is 13.8 Å². The second-order valence-electron chi connectivity index (χ2n) is 12.5. The summed E-state index contributed by atoms with van der Waals surface area (Å²) in [6, 6.07) is 0. The van der Waals surface area contributed by atoms with Gasteiger partial charge in [-0.15, -0.1) is 0 Å². The molecular formula is C42H70NO8P. The van der Waals surface area contributed by atoms with Crippen LogP contribution in [0.3, 0.4) is 0 Å². The van der Waals surface area contributed by atoms with Crippen LogP contribution in [0.15, 0.2) is 85.1 Å². The topological polar surface area (TPSA) is 131 Å². The van der Waals surface area contributed by atoms with Crippen molar-refractivity contribution in [2.45, 2.75) is 142 Å². The normalized spacial score (nSPS) is 14.3. The molecule has 0 aliphatic rings. The molecule has 10 heteroatoms.